The lowest BCUT2D eigenvalue weighted by Gasteiger charge is -2.23. The second-order valence-electron chi connectivity index (χ2n) is 10.6. The molecule has 2 aromatic carbocycles. The van der Waals surface area contributed by atoms with Crippen molar-refractivity contribution in [3.05, 3.63) is 106 Å². The van der Waals surface area contributed by atoms with Crippen LogP contribution in [0.1, 0.15) is 62.0 Å². The molecule has 4 rings (SSSR count). The van der Waals surface area contributed by atoms with Crippen molar-refractivity contribution in [2.75, 3.05) is 0 Å². The topological polar surface area (TPSA) is 147 Å². The lowest BCUT2D eigenvalue weighted by atomic mass is 9.85. The number of aliphatic hydroxyl groups is 1. The summed E-state index contributed by atoms with van der Waals surface area (Å²) in [6.45, 7) is 5.13. The average Bonchev–Trinajstić information content (AvgIpc) is 3.12. The summed E-state index contributed by atoms with van der Waals surface area (Å²) in [4.78, 5) is 29.0. The Kier molecular flexibility index (Phi) is 8.64. The molecule has 0 saturated carbocycles. The van der Waals surface area contributed by atoms with Gasteiger partial charge in [-0.3, -0.25) is 4.99 Å². The molecule has 9 nitrogen and oxygen atoms in total. The highest BCUT2D eigenvalue weighted by Gasteiger charge is 2.27. The second kappa shape index (κ2) is 12.1. The van der Waals surface area contributed by atoms with Gasteiger partial charge in [-0.05, 0) is 43.5 Å². The Morgan fingerprint density at radius 3 is 2.48 bits per heavy atom. The number of nitrogens with two attached hydrogens (primary N) is 1. The van der Waals surface area contributed by atoms with Crippen LogP contribution in [0.2, 0.25) is 0 Å². The van der Waals surface area contributed by atoms with E-state index in [-0.39, 0.29) is 6.42 Å². The molecule has 9 heteroatoms. The van der Waals surface area contributed by atoms with Gasteiger partial charge in [-0.25, -0.2) is 9.59 Å². The van der Waals surface area contributed by atoms with E-state index in [1.807, 2.05) is 66.8 Å². The number of alkyl carbamates (subject to hydrolysis) is 1. The van der Waals surface area contributed by atoms with E-state index in [1.54, 1.807) is 26.8 Å². The molecule has 40 heavy (non-hydrogen) atoms. The van der Waals surface area contributed by atoms with Crippen molar-refractivity contribution in [3.63, 3.8) is 0 Å². The fourth-order valence-electron chi connectivity index (χ4n) is 4.66. The summed E-state index contributed by atoms with van der Waals surface area (Å²) in [7, 11) is 0. The van der Waals surface area contributed by atoms with E-state index in [4.69, 9.17) is 15.6 Å². The van der Waals surface area contributed by atoms with Crippen molar-refractivity contribution >= 4 is 23.5 Å². The number of amides is 1. The molecule has 0 spiro atoms. The van der Waals surface area contributed by atoms with Crippen LogP contribution in [0.4, 0.5) is 4.79 Å². The number of aliphatic imine (C=N–C) groups is 1. The van der Waals surface area contributed by atoms with Crippen LogP contribution in [0.5, 0.6) is 0 Å². The summed E-state index contributed by atoms with van der Waals surface area (Å²) >= 11 is 0. The Morgan fingerprint density at radius 1 is 1.07 bits per heavy atom. The van der Waals surface area contributed by atoms with Gasteiger partial charge in [0.15, 0.2) is 0 Å². The first-order chi connectivity index (χ1) is 19.1. The summed E-state index contributed by atoms with van der Waals surface area (Å²) in [5.41, 5.74) is 4.91. The second-order valence-corrected chi connectivity index (χ2v) is 10.6. The number of carbonyl (C=O) groups excluding carboxylic acids is 1. The van der Waals surface area contributed by atoms with Crippen LogP contribution < -0.4 is 11.2 Å². The quantitative estimate of drug-likeness (QED) is 0.322. The first-order valence-electron chi connectivity index (χ1n) is 13.1. The molecule has 0 aliphatic heterocycles. The lowest BCUT2D eigenvalue weighted by molar-refractivity contribution is -0.139. The van der Waals surface area contributed by atoms with E-state index < -0.39 is 29.8 Å². The highest BCUT2D eigenvalue weighted by atomic mass is 16.6. The van der Waals surface area contributed by atoms with E-state index in [0.717, 1.165) is 16.7 Å². The molecule has 2 aromatic rings. The first-order valence-corrected chi connectivity index (χ1v) is 13.1. The van der Waals surface area contributed by atoms with Crippen LogP contribution in [-0.2, 0) is 16.0 Å². The number of rotatable bonds is 5. The van der Waals surface area contributed by atoms with Crippen LogP contribution in [0.3, 0.4) is 0 Å². The number of aliphatic carboxylic acids is 1. The molecule has 0 aromatic heterocycles. The van der Waals surface area contributed by atoms with Crippen LogP contribution in [0.15, 0.2) is 94.2 Å². The zero-order chi connectivity index (χ0) is 28.9. The molecule has 2 atom stereocenters. The van der Waals surface area contributed by atoms with Gasteiger partial charge < -0.3 is 26.1 Å². The van der Waals surface area contributed by atoms with Crippen LogP contribution >= 0.6 is 0 Å². The molecule has 208 valence electrons. The van der Waals surface area contributed by atoms with Crippen molar-refractivity contribution in [1.29, 1.82) is 0 Å². The van der Waals surface area contributed by atoms with E-state index >= 15 is 0 Å². The Bertz CT molecular complexity index is 1450. The predicted octanol–water partition coefficient (Wildman–Crippen LogP) is 4.57. The number of nitrogens with zero attached hydrogens (tertiary/aromatic N) is 2. The third kappa shape index (κ3) is 6.92. The largest absolute Gasteiger partial charge is 0.480 e. The molecule has 0 bridgehead atoms. The summed E-state index contributed by atoms with van der Waals surface area (Å²) < 4.78 is 5.22. The number of ether oxygens (including phenoxy) is 1. The van der Waals surface area contributed by atoms with Gasteiger partial charge in [0.25, 0.3) is 0 Å². The number of carbonyl (C=O) groups is 2. The van der Waals surface area contributed by atoms with E-state index in [9.17, 15) is 19.8 Å². The number of fused-ring (bicyclic) bond motifs is 2. The van der Waals surface area contributed by atoms with Gasteiger partial charge >= 0.3 is 12.1 Å². The third-order valence-electron chi connectivity index (χ3n) is 6.45. The molecular formula is C31H34N4O5. The number of allylic oxidation sites excluding steroid dienone is 4. The fourth-order valence-corrected chi connectivity index (χ4v) is 4.66. The van der Waals surface area contributed by atoms with Gasteiger partial charge in [-0.15, -0.1) is 0 Å². The molecule has 2 unspecified atom stereocenters. The van der Waals surface area contributed by atoms with Crippen LogP contribution in [0.25, 0.3) is 0 Å². The van der Waals surface area contributed by atoms with Crippen molar-refractivity contribution in [1.82, 2.24) is 5.32 Å². The third-order valence-corrected chi connectivity index (χ3v) is 6.45. The monoisotopic (exact) mass is 542 g/mol. The number of benzene rings is 2. The SMILES string of the molecule is CC(C)(C)OC(=O)NC(CC1=CC=C(N=C2C(=NN)c3ccccc3C(O)Cc3ccccc32)CC=C1)C(=O)O. The van der Waals surface area contributed by atoms with Crippen molar-refractivity contribution in [2.24, 2.45) is 15.9 Å². The minimum Gasteiger partial charge on any atom is -0.480 e. The normalized spacial score (nSPS) is 19.8. The summed E-state index contributed by atoms with van der Waals surface area (Å²) in [5, 5.41) is 27.2. The number of hydrogen-bond donors (Lipinski definition) is 4. The Morgan fingerprint density at radius 2 is 1.77 bits per heavy atom. The molecule has 0 saturated heterocycles. The molecule has 5 N–H and O–H groups in total. The maximum Gasteiger partial charge on any atom is 0.408 e. The lowest BCUT2D eigenvalue weighted by Crippen LogP contribution is -2.43. The smallest absolute Gasteiger partial charge is 0.408 e. The van der Waals surface area contributed by atoms with E-state index in [1.165, 1.54) is 0 Å². The minimum atomic E-state index is -1.16. The average molecular weight is 543 g/mol. The Hall–Kier alpha value is -4.50. The number of carboxylic acids is 1. The predicted molar refractivity (Wildman–Crippen MR) is 154 cm³/mol. The summed E-state index contributed by atoms with van der Waals surface area (Å²) in [5.74, 6) is 4.77. The van der Waals surface area contributed by atoms with Crippen molar-refractivity contribution in [2.45, 2.75) is 57.8 Å². The molecule has 2 aliphatic rings. The van der Waals surface area contributed by atoms with Crippen LogP contribution in [-0.4, -0.2) is 45.3 Å². The van der Waals surface area contributed by atoms with Gasteiger partial charge in [0.05, 0.1) is 11.8 Å². The Balaban J connectivity index is 1.68. The highest BCUT2D eigenvalue weighted by Crippen LogP contribution is 2.30. The Labute approximate surface area is 233 Å². The molecule has 1 amide bonds. The van der Waals surface area contributed by atoms with E-state index in [0.29, 0.717) is 41.1 Å². The van der Waals surface area contributed by atoms with Crippen molar-refractivity contribution < 1.29 is 24.5 Å². The number of hydrogen-bond acceptors (Lipinski definition) is 7. The van der Waals surface area contributed by atoms with Gasteiger partial charge in [0, 0.05) is 36.1 Å². The fraction of sp³-hybridized carbons (Fsp3) is 0.290. The molecule has 0 radical (unpaired) electrons. The highest BCUT2D eigenvalue weighted by molar-refractivity contribution is 6.54. The van der Waals surface area contributed by atoms with E-state index in [2.05, 4.69) is 10.4 Å². The van der Waals surface area contributed by atoms with Gasteiger partial charge in [-0.2, -0.15) is 5.10 Å². The molecule has 0 heterocycles. The number of aliphatic hydroxyl groups excluding tert-OH is 1. The molecule has 2 aliphatic carbocycles. The zero-order valence-electron chi connectivity index (χ0n) is 22.8. The van der Waals surface area contributed by atoms with Gasteiger partial charge in [0.2, 0.25) is 0 Å². The summed E-state index contributed by atoms with van der Waals surface area (Å²) in [6, 6.07) is 14.0. The molecule has 0 fully saturated rings. The zero-order valence-corrected chi connectivity index (χ0v) is 22.8. The van der Waals surface area contributed by atoms with Gasteiger partial charge in [0.1, 0.15) is 17.4 Å². The first kappa shape index (κ1) is 28.5. The maximum atomic E-state index is 12.2. The maximum absolute atomic E-state index is 12.2. The van der Waals surface area contributed by atoms with Crippen molar-refractivity contribution in [3.8, 4) is 0 Å². The standard InChI is InChI=1S/C31H34N4O5/c1-31(2,3)40-30(39)34-25(29(37)38)17-19-9-8-11-21(16-15-19)33-27-22-12-5-4-10-20(22)18-26(36)23-13-6-7-14-24(23)28(27)35-32/h4-10,12-16,25-26,36H,11,17-18,32H2,1-3H3,(H,34,39)(H,37,38). The number of nitrogens with one attached hydrogen (secondary N) is 1. The van der Waals surface area contributed by atoms with Gasteiger partial charge in [-0.1, -0.05) is 66.8 Å². The minimum absolute atomic E-state index is 0.0645. The molecular weight excluding hydrogens is 508 g/mol. The summed E-state index contributed by atoms with van der Waals surface area (Å²) in [6.07, 6.45) is 6.78. The number of carboxylic acid groups (broad SMARTS) is 1. The van der Waals surface area contributed by atoms with Crippen LogP contribution in [0, 0.1) is 0 Å². The number of hydrazone groups is 1.